The van der Waals surface area contributed by atoms with Crippen molar-refractivity contribution in [1.29, 1.82) is 0 Å². The first kappa shape index (κ1) is 27.0. The van der Waals surface area contributed by atoms with Crippen molar-refractivity contribution in [3.63, 3.8) is 0 Å². The average molecular weight is 525 g/mol. The Labute approximate surface area is 189 Å². The van der Waals surface area contributed by atoms with Crippen LogP contribution in [0.15, 0.2) is 25.3 Å². The summed E-state index contributed by atoms with van der Waals surface area (Å²) in [7, 11) is 0. The molecule has 0 saturated carbocycles. The predicted octanol–water partition coefficient (Wildman–Crippen LogP) is 5.21. The number of hydrogen-bond donors (Lipinski definition) is 0. The minimum atomic E-state index is -2.47. The van der Waals surface area contributed by atoms with Crippen LogP contribution in [0.1, 0.15) is 0 Å². The van der Waals surface area contributed by atoms with Crippen molar-refractivity contribution < 1.29 is 42.8 Å². The van der Waals surface area contributed by atoms with Gasteiger partial charge in [-0.2, -0.15) is 0 Å². The number of carbonyl (C=O) groups excluding carboxylic acids is 3. The molecule has 0 aromatic heterocycles. The fraction of sp³-hybridized carbons (Fsp3) is 0.462. The number of rotatable bonds is 8. The fourth-order valence-corrected chi connectivity index (χ4v) is 1.55. The van der Waals surface area contributed by atoms with Crippen LogP contribution >= 0.6 is 69.6 Å². The Hall–Kier alpha value is -0.970. The monoisotopic (exact) mass is 522 g/mol. The van der Waals surface area contributed by atoms with Crippen molar-refractivity contribution >= 4 is 88.1 Å². The van der Waals surface area contributed by atoms with E-state index < -0.39 is 38.6 Å². The lowest BCUT2D eigenvalue weighted by Crippen LogP contribution is -2.40. The van der Waals surface area contributed by atoms with Gasteiger partial charge in [-0.05, 0) is 0 Å². The molecule has 0 spiro atoms. The summed E-state index contributed by atoms with van der Waals surface area (Å²) in [5.41, 5.74) is 0. The maximum Gasteiger partial charge on any atom is 0.514 e. The summed E-state index contributed by atoms with van der Waals surface area (Å²) >= 11 is 33.2. The van der Waals surface area contributed by atoms with Gasteiger partial charge in [0.15, 0.2) is 0 Å². The molecule has 0 N–H and O–H groups in total. The second-order valence-electron chi connectivity index (χ2n) is 4.17. The van der Waals surface area contributed by atoms with Gasteiger partial charge >= 0.3 is 31.0 Å². The first-order valence-electron chi connectivity index (χ1n) is 6.70. The van der Waals surface area contributed by atoms with Gasteiger partial charge in [0.2, 0.25) is 0 Å². The lowest BCUT2D eigenvalue weighted by Gasteiger charge is -2.26. The van der Waals surface area contributed by atoms with Gasteiger partial charge in [0.05, 0.1) is 0 Å². The highest BCUT2D eigenvalue weighted by molar-refractivity contribution is 6.68. The third-order valence-electron chi connectivity index (χ3n) is 1.99. The SMILES string of the molecule is C=CCOC(=O)OC(OC(=O)OC(OC(=O)OCC=C)C(Cl)(Cl)Cl)C(Cl)(Cl)Cl. The molecule has 0 heterocycles. The molecule has 0 rings (SSSR count). The van der Waals surface area contributed by atoms with E-state index in [0.717, 1.165) is 0 Å². The van der Waals surface area contributed by atoms with E-state index in [-0.39, 0.29) is 13.2 Å². The van der Waals surface area contributed by atoms with Crippen molar-refractivity contribution in [3.8, 4) is 0 Å². The van der Waals surface area contributed by atoms with Crippen molar-refractivity contribution in [3.05, 3.63) is 25.3 Å². The largest absolute Gasteiger partial charge is 0.514 e. The summed E-state index contributed by atoms with van der Waals surface area (Å²) in [4.78, 5) is 34.7. The molecule has 0 aliphatic carbocycles. The van der Waals surface area contributed by atoms with Gasteiger partial charge in [0.1, 0.15) is 13.2 Å². The van der Waals surface area contributed by atoms with Crippen LogP contribution in [0.5, 0.6) is 0 Å². The van der Waals surface area contributed by atoms with Crippen LogP contribution in [0.4, 0.5) is 14.4 Å². The topological polar surface area (TPSA) is 107 Å². The number of alkyl halides is 6. The smallest absolute Gasteiger partial charge is 0.430 e. The highest BCUT2D eigenvalue weighted by Crippen LogP contribution is 2.36. The van der Waals surface area contributed by atoms with Crippen molar-refractivity contribution in [2.24, 2.45) is 0 Å². The lowest BCUT2D eigenvalue weighted by atomic mass is 10.7. The molecule has 0 amide bonds. The van der Waals surface area contributed by atoms with Crippen molar-refractivity contribution in [1.82, 2.24) is 0 Å². The molecule has 0 radical (unpaired) electrons. The third kappa shape index (κ3) is 11.8. The Kier molecular flexibility index (Phi) is 12.1. The lowest BCUT2D eigenvalue weighted by molar-refractivity contribution is -0.138. The van der Waals surface area contributed by atoms with Crippen molar-refractivity contribution in [2.75, 3.05) is 13.2 Å². The zero-order valence-electron chi connectivity index (χ0n) is 13.6. The molecule has 0 aliphatic rings. The summed E-state index contributed by atoms with van der Waals surface area (Å²) in [6.45, 7) is 6.10. The van der Waals surface area contributed by atoms with Gasteiger partial charge in [-0.3, -0.25) is 0 Å². The third-order valence-corrected chi connectivity index (χ3v) is 3.05. The minimum Gasteiger partial charge on any atom is -0.430 e. The van der Waals surface area contributed by atoms with E-state index in [1.807, 2.05) is 0 Å². The highest BCUT2D eigenvalue weighted by Gasteiger charge is 2.44. The van der Waals surface area contributed by atoms with Gasteiger partial charge in [-0.1, -0.05) is 94.9 Å². The van der Waals surface area contributed by atoms with E-state index in [9.17, 15) is 14.4 Å². The molecule has 0 bridgehead atoms. The number of hydrogen-bond acceptors (Lipinski definition) is 9. The first-order chi connectivity index (χ1) is 12.8. The van der Waals surface area contributed by atoms with Gasteiger partial charge < -0.3 is 28.4 Å². The molecule has 15 heteroatoms. The molecular formula is C13H12Cl6O9. The molecule has 9 nitrogen and oxygen atoms in total. The van der Waals surface area contributed by atoms with Gasteiger partial charge in [0, 0.05) is 0 Å². The number of halogens is 6. The summed E-state index contributed by atoms with van der Waals surface area (Å²) in [5, 5.41) is 0. The Morgan fingerprint density at radius 1 is 0.679 bits per heavy atom. The van der Waals surface area contributed by atoms with Crippen LogP contribution in [0.25, 0.3) is 0 Å². The van der Waals surface area contributed by atoms with Crippen LogP contribution < -0.4 is 0 Å². The van der Waals surface area contributed by atoms with E-state index in [4.69, 9.17) is 69.6 Å². The van der Waals surface area contributed by atoms with Gasteiger partial charge in [-0.25, -0.2) is 14.4 Å². The Balaban J connectivity index is 5.05. The maximum absolute atomic E-state index is 11.9. The standard InChI is InChI=1S/C13H12Cl6O9/c1-3-5-23-9(20)25-7(12(14,15)16)27-11(22)28-8(13(17,18)19)26-10(21)24-6-4-2/h3-4,7-8H,1-2,5-6H2. The highest BCUT2D eigenvalue weighted by atomic mass is 35.6. The van der Waals surface area contributed by atoms with Crippen LogP contribution in [0.2, 0.25) is 0 Å². The molecule has 2 atom stereocenters. The second-order valence-corrected chi connectivity index (χ2v) is 8.91. The molecule has 0 aromatic rings. The average Bonchev–Trinajstić information content (AvgIpc) is 2.55. The molecule has 0 aromatic carbocycles. The number of ether oxygens (including phenoxy) is 6. The molecule has 0 saturated heterocycles. The Bertz CT molecular complexity index is 524. The maximum atomic E-state index is 11.9. The van der Waals surface area contributed by atoms with Gasteiger partial charge in [-0.15, -0.1) is 0 Å². The van der Waals surface area contributed by atoms with E-state index >= 15 is 0 Å². The van der Waals surface area contributed by atoms with Gasteiger partial charge in [0.25, 0.3) is 7.59 Å². The Morgan fingerprint density at radius 2 is 0.964 bits per heavy atom. The second kappa shape index (κ2) is 12.6. The van der Waals surface area contributed by atoms with E-state index in [1.165, 1.54) is 12.2 Å². The summed E-state index contributed by atoms with van der Waals surface area (Å²) in [6, 6.07) is 0. The predicted molar refractivity (Wildman–Crippen MR) is 101 cm³/mol. The van der Waals surface area contributed by atoms with Crippen molar-refractivity contribution in [2.45, 2.75) is 20.2 Å². The first-order valence-corrected chi connectivity index (χ1v) is 8.97. The van der Waals surface area contributed by atoms with Crippen LogP contribution in [0.3, 0.4) is 0 Å². The van der Waals surface area contributed by atoms with E-state index in [1.54, 1.807) is 0 Å². The molecule has 160 valence electrons. The van der Waals surface area contributed by atoms with E-state index in [2.05, 4.69) is 41.6 Å². The normalized spacial score (nSPS) is 13.4. The molecule has 0 aliphatic heterocycles. The number of carbonyl (C=O) groups is 3. The summed E-state index contributed by atoms with van der Waals surface area (Å²) in [6.07, 6.45) is -6.31. The van der Waals surface area contributed by atoms with Crippen LogP contribution in [-0.2, 0) is 28.4 Å². The summed E-state index contributed by atoms with van der Waals surface area (Å²) in [5.74, 6) is 0. The van der Waals surface area contributed by atoms with Crippen LogP contribution in [0, 0.1) is 0 Å². The molecular weight excluding hydrogens is 513 g/mol. The Morgan fingerprint density at radius 3 is 1.21 bits per heavy atom. The minimum absolute atomic E-state index is 0.244. The molecule has 28 heavy (non-hydrogen) atoms. The van der Waals surface area contributed by atoms with E-state index in [0.29, 0.717) is 0 Å². The quantitative estimate of drug-likeness (QED) is 0.139. The zero-order chi connectivity index (χ0) is 22.0. The molecule has 0 fully saturated rings. The molecule has 2 unspecified atom stereocenters. The summed E-state index contributed by atoms with van der Waals surface area (Å²) < 4.78 is 22.1. The fourth-order valence-electron chi connectivity index (χ4n) is 1.01. The van der Waals surface area contributed by atoms with Crippen LogP contribution in [-0.4, -0.2) is 51.8 Å². The zero-order valence-corrected chi connectivity index (χ0v) is 18.1.